The van der Waals surface area contributed by atoms with E-state index in [2.05, 4.69) is 9.71 Å². The van der Waals surface area contributed by atoms with Gasteiger partial charge in [0.15, 0.2) is 0 Å². The minimum Gasteiger partial charge on any atom is -0.264 e. The van der Waals surface area contributed by atoms with E-state index in [1.54, 1.807) is 12.4 Å². The molecule has 0 saturated carbocycles. The Bertz CT molecular complexity index is 670. The second-order valence-electron chi connectivity index (χ2n) is 5.11. The van der Waals surface area contributed by atoms with Gasteiger partial charge in [-0.3, -0.25) is 4.98 Å². The average Bonchev–Trinajstić information content (AvgIpc) is 2.44. The molecular formula is C16H20N2O2S. The minimum atomic E-state index is -3.27. The maximum atomic E-state index is 12.0. The van der Waals surface area contributed by atoms with Crippen LogP contribution in [-0.2, 0) is 22.2 Å². The second-order valence-corrected chi connectivity index (χ2v) is 6.91. The molecule has 0 aliphatic heterocycles. The summed E-state index contributed by atoms with van der Waals surface area (Å²) < 4.78 is 26.6. The van der Waals surface area contributed by atoms with E-state index < -0.39 is 10.0 Å². The van der Waals surface area contributed by atoms with Crippen LogP contribution in [0.4, 0.5) is 0 Å². The van der Waals surface area contributed by atoms with Crippen LogP contribution in [0.1, 0.15) is 23.1 Å². The van der Waals surface area contributed by atoms with E-state index in [-0.39, 0.29) is 5.75 Å². The molecule has 5 heteroatoms. The van der Waals surface area contributed by atoms with Crippen molar-refractivity contribution >= 4 is 10.0 Å². The van der Waals surface area contributed by atoms with Gasteiger partial charge in [-0.15, -0.1) is 0 Å². The van der Waals surface area contributed by atoms with Crippen molar-refractivity contribution in [1.29, 1.82) is 0 Å². The van der Waals surface area contributed by atoms with Gasteiger partial charge in [0, 0.05) is 18.9 Å². The van der Waals surface area contributed by atoms with Crippen LogP contribution in [0.5, 0.6) is 0 Å². The number of hydrogen-bond donors (Lipinski definition) is 1. The molecule has 0 radical (unpaired) electrons. The van der Waals surface area contributed by atoms with E-state index in [9.17, 15) is 8.42 Å². The smallest absolute Gasteiger partial charge is 0.215 e. The summed E-state index contributed by atoms with van der Waals surface area (Å²) in [6, 6.07) is 11.4. The lowest BCUT2D eigenvalue weighted by Gasteiger charge is -2.07. The number of rotatable bonds is 7. The van der Waals surface area contributed by atoms with Gasteiger partial charge in [0.1, 0.15) is 0 Å². The van der Waals surface area contributed by atoms with Crippen LogP contribution in [0, 0.1) is 6.92 Å². The lowest BCUT2D eigenvalue weighted by atomic mass is 10.2. The summed E-state index contributed by atoms with van der Waals surface area (Å²) in [7, 11) is -3.27. The highest BCUT2D eigenvalue weighted by molar-refractivity contribution is 7.88. The van der Waals surface area contributed by atoms with Crippen LogP contribution in [0.15, 0.2) is 48.8 Å². The van der Waals surface area contributed by atoms with Crippen LogP contribution in [0.25, 0.3) is 0 Å². The number of sulfonamides is 1. The van der Waals surface area contributed by atoms with Gasteiger partial charge in [0.25, 0.3) is 0 Å². The molecule has 21 heavy (non-hydrogen) atoms. The summed E-state index contributed by atoms with van der Waals surface area (Å²) in [5.41, 5.74) is 3.00. The zero-order valence-corrected chi connectivity index (χ0v) is 12.9. The monoisotopic (exact) mass is 304 g/mol. The number of hydrogen-bond acceptors (Lipinski definition) is 3. The Morgan fingerprint density at radius 1 is 1.14 bits per heavy atom. The predicted molar refractivity (Wildman–Crippen MR) is 84.4 cm³/mol. The molecule has 0 saturated heterocycles. The Balaban J connectivity index is 1.79. The average molecular weight is 304 g/mol. The van der Waals surface area contributed by atoms with Crippen molar-refractivity contribution in [2.24, 2.45) is 0 Å². The van der Waals surface area contributed by atoms with Gasteiger partial charge in [-0.25, -0.2) is 13.1 Å². The summed E-state index contributed by atoms with van der Waals surface area (Å²) in [6.45, 7) is 2.40. The molecule has 1 aromatic heterocycles. The SMILES string of the molecule is Cc1cccc(CS(=O)(=O)NCCCc2cccnc2)c1. The van der Waals surface area contributed by atoms with Gasteiger partial charge < -0.3 is 0 Å². The Labute approximate surface area is 126 Å². The molecule has 0 fully saturated rings. The number of aryl methyl sites for hydroxylation is 2. The first-order chi connectivity index (χ1) is 10.1. The number of nitrogens with zero attached hydrogens (tertiary/aromatic N) is 1. The van der Waals surface area contributed by atoms with Crippen molar-refractivity contribution in [1.82, 2.24) is 9.71 Å². The van der Waals surface area contributed by atoms with Crippen molar-refractivity contribution in [2.45, 2.75) is 25.5 Å². The molecule has 2 rings (SSSR count). The van der Waals surface area contributed by atoms with Gasteiger partial charge in [0.2, 0.25) is 10.0 Å². The molecule has 0 bridgehead atoms. The molecule has 1 heterocycles. The highest BCUT2D eigenvalue weighted by Gasteiger charge is 2.10. The Hall–Kier alpha value is -1.72. The number of nitrogens with one attached hydrogen (secondary N) is 1. The van der Waals surface area contributed by atoms with Crippen LogP contribution in [0.3, 0.4) is 0 Å². The van der Waals surface area contributed by atoms with Gasteiger partial charge in [-0.1, -0.05) is 35.9 Å². The van der Waals surface area contributed by atoms with Crippen molar-refractivity contribution in [3.63, 3.8) is 0 Å². The van der Waals surface area contributed by atoms with E-state index >= 15 is 0 Å². The van der Waals surface area contributed by atoms with Crippen molar-refractivity contribution in [2.75, 3.05) is 6.54 Å². The van der Waals surface area contributed by atoms with Gasteiger partial charge in [-0.2, -0.15) is 0 Å². The van der Waals surface area contributed by atoms with Crippen LogP contribution in [0.2, 0.25) is 0 Å². The molecule has 0 unspecified atom stereocenters. The van der Waals surface area contributed by atoms with Crippen molar-refractivity contribution in [3.05, 3.63) is 65.5 Å². The Morgan fingerprint density at radius 2 is 1.95 bits per heavy atom. The lowest BCUT2D eigenvalue weighted by Crippen LogP contribution is -2.26. The third-order valence-corrected chi connectivity index (χ3v) is 4.48. The third-order valence-electron chi connectivity index (χ3n) is 3.13. The summed E-state index contributed by atoms with van der Waals surface area (Å²) >= 11 is 0. The van der Waals surface area contributed by atoms with Crippen molar-refractivity contribution in [3.8, 4) is 0 Å². The topological polar surface area (TPSA) is 59.1 Å². The summed E-state index contributed by atoms with van der Waals surface area (Å²) in [4.78, 5) is 4.04. The summed E-state index contributed by atoms with van der Waals surface area (Å²) in [6.07, 6.45) is 5.12. The zero-order chi connectivity index (χ0) is 15.1. The summed E-state index contributed by atoms with van der Waals surface area (Å²) in [5.74, 6) is 0.0293. The molecular weight excluding hydrogens is 284 g/mol. The highest BCUT2D eigenvalue weighted by Crippen LogP contribution is 2.08. The number of benzene rings is 1. The van der Waals surface area contributed by atoms with Crippen LogP contribution < -0.4 is 4.72 Å². The van der Waals surface area contributed by atoms with Gasteiger partial charge >= 0.3 is 0 Å². The first kappa shape index (κ1) is 15.7. The molecule has 1 aromatic carbocycles. The number of aromatic nitrogens is 1. The minimum absolute atomic E-state index is 0.0293. The Morgan fingerprint density at radius 3 is 2.67 bits per heavy atom. The van der Waals surface area contributed by atoms with Crippen LogP contribution >= 0.6 is 0 Å². The van der Waals surface area contributed by atoms with Crippen LogP contribution in [-0.4, -0.2) is 19.9 Å². The molecule has 0 amide bonds. The van der Waals surface area contributed by atoms with Crippen molar-refractivity contribution < 1.29 is 8.42 Å². The molecule has 2 aromatic rings. The molecule has 112 valence electrons. The second kappa shape index (κ2) is 7.33. The normalized spacial score (nSPS) is 11.5. The number of pyridine rings is 1. The Kier molecular flexibility index (Phi) is 5.47. The largest absolute Gasteiger partial charge is 0.264 e. The van der Waals surface area contributed by atoms with E-state index in [0.717, 1.165) is 29.5 Å². The fourth-order valence-corrected chi connectivity index (χ4v) is 3.31. The fourth-order valence-electron chi connectivity index (χ4n) is 2.14. The lowest BCUT2D eigenvalue weighted by molar-refractivity contribution is 0.578. The zero-order valence-electron chi connectivity index (χ0n) is 12.1. The molecule has 4 nitrogen and oxygen atoms in total. The fraction of sp³-hybridized carbons (Fsp3) is 0.312. The van der Waals surface area contributed by atoms with E-state index in [1.165, 1.54) is 0 Å². The predicted octanol–water partition coefficient (Wildman–Crippen LogP) is 2.44. The quantitative estimate of drug-likeness (QED) is 0.799. The maximum absolute atomic E-state index is 12.0. The molecule has 0 aliphatic carbocycles. The highest BCUT2D eigenvalue weighted by atomic mass is 32.2. The molecule has 0 aliphatic rings. The molecule has 0 spiro atoms. The van der Waals surface area contributed by atoms with E-state index in [1.807, 2.05) is 43.3 Å². The van der Waals surface area contributed by atoms with Gasteiger partial charge in [0.05, 0.1) is 5.75 Å². The molecule has 1 N–H and O–H groups in total. The molecule has 0 atom stereocenters. The van der Waals surface area contributed by atoms with Gasteiger partial charge in [-0.05, 0) is 37.0 Å². The third kappa shape index (κ3) is 5.65. The first-order valence-electron chi connectivity index (χ1n) is 6.97. The van der Waals surface area contributed by atoms with E-state index in [4.69, 9.17) is 0 Å². The summed E-state index contributed by atoms with van der Waals surface area (Å²) in [5, 5.41) is 0. The first-order valence-corrected chi connectivity index (χ1v) is 8.62. The standard InChI is InChI=1S/C16H20N2O2S/c1-14-5-2-6-16(11-14)13-21(19,20)18-10-4-8-15-7-3-9-17-12-15/h2-3,5-7,9,11-12,18H,4,8,10,13H2,1H3. The van der Waals surface area contributed by atoms with E-state index in [0.29, 0.717) is 6.54 Å². The maximum Gasteiger partial charge on any atom is 0.215 e.